The quantitative estimate of drug-likeness (QED) is 0.675. The zero-order valence-corrected chi connectivity index (χ0v) is 15.2. The van der Waals surface area contributed by atoms with Crippen molar-refractivity contribution in [1.82, 2.24) is 4.90 Å². The summed E-state index contributed by atoms with van der Waals surface area (Å²) in [4.78, 5) is 22.5. The number of hydrogen-bond donors (Lipinski definition) is 2. The van der Waals surface area contributed by atoms with E-state index in [1.54, 1.807) is 4.90 Å². The summed E-state index contributed by atoms with van der Waals surface area (Å²) < 4.78 is 5.83. The molecule has 0 rings (SSSR count). The zero-order valence-electron chi connectivity index (χ0n) is 14.3. The molecule has 0 aromatic heterocycles. The monoisotopic (exact) mass is 320 g/mol. The number of nitrogens with two attached hydrogens (primary N) is 1. The van der Waals surface area contributed by atoms with Gasteiger partial charge < -0.3 is 15.4 Å². The van der Waals surface area contributed by atoms with Crippen LogP contribution in [0.4, 0.5) is 4.79 Å². The number of thiol groups is 1. The van der Waals surface area contributed by atoms with Gasteiger partial charge in [0.1, 0.15) is 0 Å². The maximum atomic E-state index is 11.7. The van der Waals surface area contributed by atoms with Gasteiger partial charge in [0, 0.05) is 26.6 Å². The first-order valence-corrected chi connectivity index (χ1v) is 7.82. The van der Waals surface area contributed by atoms with Crippen LogP contribution in [0.25, 0.3) is 0 Å². The maximum Gasteiger partial charge on any atom is 0.273 e. The fourth-order valence-electron chi connectivity index (χ4n) is 1.42. The number of amides is 2. The van der Waals surface area contributed by atoms with Crippen molar-refractivity contribution in [2.45, 2.75) is 59.5 Å². The summed E-state index contributed by atoms with van der Waals surface area (Å²) >= 11 is 3.10. The van der Waals surface area contributed by atoms with E-state index >= 15 is 0 Å². The Morgan fingerprint density at radius 2 is 1.81 bits per heavy atom. The van der Waals surface area contributed by atoms with Gasteiger partial charge in [0.15, 0.2) is 0 Å². The summed E-state index contributed by atoms with van der Waals surface area (Å²) in [6.45, 7) is 12.0. The number of nitrogens with zero attached hydrogens (tertiary/aromatic N) is 1. The summed E-state index contributed by atoms with van der Waals surface area (Å²) in [6, 6.07) is 0. The molecule has 2 N–H and O–H groups in total. The Hall–Kier alpha value is -0.750. The van der Waals surface area contributed by atoms with Crippen LogP contribution in [0.5, 0.6) is 0 Å². The lowest BCUT2D eigenvalue weighted by atomic mass is 10.0. The molecule has 0 atom stereocenters. The van der Waals surface area contributed by atoms with Gasteiger partial charge in [0.05, 0.1) is 5.60 Å². The Morgan fingerprint density at radius 1 is 1.33 bits per heavy atom. The van der Waals surface area contributed by atoms with Crippen molar-refractivity contribution in [3.05, 3.63) is 0 Å². The fraction of sp³-hybridized carbons (Fsp3) is 0.867. The van der Waals surface area contributed by atoms with E-state index in [4.69, 9.17) is 9.53 Å². The maximum absolute atomic E-state index is 11.7. The first-order chi connectivity index (χ1) is 9.51. The lowest BCUT2D eigenvalue weighted by molar-refractivity contribution is -0.131. The second kappa shape index (κ2) is 11.9. The van der Waals surface area contributed by atoms with Crippen LogP contribution in [0.15, 0.2) is 0 Å². The van der Waals surface area contributed by atoms with Crippen LogP contribution >= 0.6 is 12.6 Å². The van der Waals surface area contributed by atoms with Crippen molar-refractivity contribution in [2.24, 2.45) is 11.7 Å². The van der Waals surface area contributed by atoms with E-state index in [1.165, 1.54) is 0 Å². The van der Waals surface area contributed by atoms with Crippen LogP contribution in [0.3, 0.4) is 0 Å². The number of ether oxygens (including phenoxy) is 1. The third kappa shape index (κ3) is 17.2. The smallest absolute Gasteiger partial charge is 0.273 e. The largest absolute Gasteiger partial charge is 0.376 e. The predicted molar refractivity (Wildman–Crippen MR) is 90.6 cm³/mol. The van der Waals surface area contributed by atoms with Crippen molar-refractivity contribution < 1.29 is 14.3 Å². The Balaban J connectivity index is 0. The highest BCUT2D eigenvalue weighted by Crippen LogP contribution is 2.18. The summed E-state index contributed by atoms with van der Waals surface area (Å²) in [7, 11) is 1.84. The van der Waals surface area contributed by atoms with E-state index in [-0.39, 0.29) is 11.5 Å². The zero-order chi connectivity index (χ0) is 17.1. The SMILES string of the molecule is CCN(C)C(=O)CCC(C)(C)OCCC(C)C.NC(=O)S. The van der Waals surface area contributed by atoms with Crippen LogP contribution in [-0.2, 0) is 9.53 Å². The predicted octanol–water partition coefficient (Wildman–Crippen LogP) is 3.08. The summed E-state index contributed by atoms with van der Waals surface area (Å²) in [5.74, 6) is 0.867. The molecular weight excluding hydrogens is 288 g/mol. The van der Waals surface area contributed by atoms with E-state index in [1.807, 2.05) is 14.0 Å². The highest BCUT2D eigenvalue weighted by molar-refractivity contribution is 7.96. The molecule has 0 aliphatic rings. The summed E-state index contributed by atoms with van der Waals surface area (Å²) in [5, 5.41) is -0.639. The van der Waals surface area contributed by atoms with E-state index < -0.39 is 5.24 Å². The Labute approximate surface area is 135 Å². The molecule has 2 amide bonds. The molecule has 0 fully saturated rings. The minimum absolute atomic E-state index is 0.195. The van der Waals surface area contributed by atoms with E-state index in [0.717, 1.165) is 26.0 Å². The van der Waals surface area contributed by atoms with Crippen LogP contribution in [0.1, 0.15) is 53.9 Å². The van der Waals surface area contributed by atoms with Crippen LogP contribution in [-0.4, -0.2) is 41.8 Å². The topological polar surface area (TPSA) is 72.6 Å². The standard InChI is InChI=1S/C14H29NO2.CH3NOS/c1-7-15(6)13(16)8-10-14(4,5)17-11-9-12(2)3;2-1(3)4/h12H,7-11H2,1-6H3;(H3,2,3,4). The van der Waals surface area contributed by atoms with Gasteiger partial charge in [-0.3, -0.25) is 9.59 Å². The second-order valence-electron chi connectivity index (χ2n) is 6.04. The first-order valence-electron chi connectivity index (χ1n) is 7.38. The number of carbonyl (C=O) groups excluding carboxylic acids is 2. The van der Waals surface area contributed by atoms with Crippen molar-refractivity contribution >= 4 is 23.8 Å². The molecule has 21 heavy (non-hydrogen) atoms. The van der Waals surface area contributed by atoms with Gasteiger partial charge in [-0.2, -0.15) is 0 Å². The van der Waals surface area contributed by atoms with Crippen molar-refractivity contribution in [1.29, 1.82) is 0 Å². The highest BCUT2D eigenvalue weighted by Gasteiger charge is 2.20. The average Bonchev–Trinajstić information content (AvgIpc) is 2.33. The van der Waals surface area contributed by atoms with Gasteiger partial charge in [0.2, 0.25) is 5.91 Å². The Bertz CT molecular complexity index is 303. The Kier molecular flexibility index (Phi) is 12.7. The number of primary amides is 1. The molecule has 0 saturated carbocycles. The molecule has 0 spiro atoms. The number of hydrogen-bond acceptors (Lipinski definition) is 3. The van der Waals surface area contributed by atoms with Gasteiger partial charge in [-0.1, -0.05) is 26.5 Å². The molecule has 6 heteroatoms. The van der Waals surface area contributed by atoms with Gasteiger partial charge in [-0.15, -0.1) is 0 Å². The molecule has 5 nitrogen and oxygen atoms in total. The molecule has 0 aromatic carbocycles. The van der Waals surface area contributed by atoms with Gasteiger partial charge in [-0.05, 0) is 39.5 Å². The van der Waals surface area contributed by atoms with Gasteiger partial charge in [0.25, 0.3) is 5.24 Å². The Morgan fingerprint density at radius 3 is 2.19 bits per heavy atom. The van der Waals surface area contributed by atoms with Gasteiger partial charge >= 0.3 is 0 Å². The molecule has 0 heterocycles. The van der Waals surface area contributed by atoms with Crippen molar-refractivity contribution in [2.75, 3.05) is 20.2 Å². The van der Waals surface area contributed by atoms with E-state index in [2.05, 4.69) is 46.1 Å². The number of rotatable bonds is 8. The molecule has 0 radical (unpaired) electrons. The minimum atomic E-state index is -0.639. The molecule has 0 saturated heterocycles. The average molecular weight is 320 g/mol. The third-order valence-electron chi connectivity index (χ3n) is 3.03. The molecule has 0 aliphatic heterocycles. The molecule has 0 aliphatic carbocycles. The minimum Gasteiger partial charge on any atom is -0.376 e. The van der Waals surface area contributed by atoms with Crippen LogP contribution in [0.2, 0.25) is 0 Å². The van der Waals surface area contributed by atoms with Crippen molar-refractivity contribution in [3.8, 4) is 0 Å². The third-order valence-corrected chi connectivity index (χ3v) is 3.03. The van der Waals surface area contributed by atoms with E-state index in [0.29, 0.717) is 12.3 Å². The molecular formula is C15H32N2O3S. The second-order valence-corrected chi connectivity index (χ2v) is 6.48. The molecule has 0 unspecified atom stereocenters. The normalized spacial score (nSPS) is 10.9. The first kappa shape index (κ1) is 22.5. The van der Waals surface area contributed by atoms with E-state index in [9.17, 15) is 4.79 Å². The van der Waals surface area contributed by atoms with Gasteiger partial charge in [-0.25, -0.2) is 0 Å². The van der Waals surface area contributed by atoms with Crippen molar-refractivity contribution in [3.63, 3.8) is 0 Å². The van der Waals surface area contributed by atoms with Crippen LogP contribution < -0.4 is 5.73 Å². The lowest BCUT2D eigenvalue weighted by Gasteiger charge is -2.26. The van der Waals surface area contributed by atoms with Crippen LogP contribution in [0, 0.1) is 5.92 Å². The summed E-state index contributed by atoms with van der Waals surface area (Å²) in [6.07, 6.45) is 2.43. The molecule has 0 bridgehead atoms. The lowest BCUT2D eigenvalue weighted by Crippen LogP contribution is -2.31. The number of carbonyl (C=O) groups is 2. The molecule has 0 aromatic rings. The highest BCUT2D eigenvalue weighted by atomic mass is 32.1. The summed E-state index contributed by atoms with van der Waals surface area (Å²) in [5.41, 5.74) is 4.14. The fourth-order valence-corrected chi connectivity index (χ4v) is 1.42. The molecule has 126 valence electrons.